The molecule has 116 valence electrons. The second-order valence-electron chi connectivity index (χ2n) is 5.60. The summed E-state index contributed by atoms with van der Waals surface area (Å²) in [5.74, 6) is 0.673. The molecule has 0 bridgehead atoms. The third-order valence-corrected chi connectivity index (χ3v) is 3.76. The predicted molar refractivity (Wildman–Crippen MR) is 80.6 cm³/mol. The van der Waals surface area contributed by atoms with Crippen LogP contribution in [0.5, 0.6) is 5.75 Å². The van der Waals surface area contributed by atoms with Gasteiger partial charge in [-0.2, -0.15) is 0 Å². The molecule has 0 spiro atoms. The molecule has 0 aromatic heterocycles. The van der Waals surface area contributed by atoms with Crippen LogP contribution >= 0.6 is 0 Å². The van der Waals surface area contributed by atoms with E-state index in [1.165, 1.54) is 0 Å². The van der Waals surface area contributed by atoms with Crippen LogP contribution in [-0.2, 0) is 16.1 Å². The van der Waals surface area contributed by atoms with Gasteiger partial charge in [0.2, 0.25) is 0 Å². The number of hydrogen-bond donors (Lipinski definition) is 2. The highest BCUT2D eigenvalue weighted by Crippen LogP contribution is 2.23. The maximum absolute atomic E-state index is 9.43. The molecule has 2 rings (SSSR count). The van der Waals surface area contributed by atoms with Crippen molar-refractivity contribution in [1.82, 2.24) is 0 Å². The fourth-order valence-corrected chi connectivity index (χ4v) is 2.77. The smallest absolute Gasteiger partial charge is 0.488 e. The van der Waals surface area contributed by atoms with Crippen molar-refractivity contribution in [2.75, 3.05) is 7.11 Å². The topological polar surface area (TPSA) is 68.2 Å². The van der Waals surface area contributed by atoms with Gasteiger partial charge >= 0.3 is 7.12 Å². The normalized spacial score (nSPS) is 25.7. The summed E-state index contributed by atoms with van der Waals surface area (Å²) >= 11 is 0. The molecule has 1 aliphatic rings. The first-order valence-electron chi connectivity index (χ1n) is 7.29. The van der Waals surface area contributed by atoms with E-state index in [9.17, 15) is 10.0 Å². The minimum atomic E-state index is -1.51. The number of rotatable bonds is 5. The van der Waals surface area contributed by atoms with Gasteiger partial charge in [-0.3, -0.25) is 0 Å². The van der Waals surface area contributed by atoms with Gasteiger partial charge in [-0.15, -0.1) is 0 Å². The van der Waals surface area contributed by atoms with Crippen LogP contribution in [0.15, 0.2) is 18.2 Å². The van der Waals surface area contributed by atoms with Crippen LogP contribution in [-0.4, -0.2) is 42.6 Å². The summed E-state index contributed by atoms with van der Waals surface area (Å²) < 4.78 is 16.8. The molecule has 1 aromatic rings. The van der Waals surface area contributed by atoms with Crippen molar-refractivity contribution in [3.05, 3.63) is 23.8 Å². The summed E-state index contributed by atoms with van der Waals surface area (Å²) in [6, 6.07) is 5.13. The maximum Gasteiger partial charge on any atom is 0.488 e. The lowest BCUT2D eigenvalue weighted by Gasteiger charge is -2.32. The molecule has 0 aliphatic carbocycles. The van der Waals surface area contributed by atoms with Crippen molar-refractivity contribution < 1.29 is 24.3 Å². The standard InChI is InChI=1S/C15H23BO5/c1-10-6-14(7-11(2)21-10)20-9-12-8-13(19-3)4-5-15(12)16(17)18/h4-5,8,10-11,14,17-18H,6-7,9H2,1-3H3. The Labute approximate surface area is 126 Å². The molecular formula is C15H23BO5. The van der Waals surface area contributed by atoms with Gasteiger partial charge in [0.05, 0.1) is 32.0 Å². The first-order valence-corrected chi connectivity index (χ1v) is 7.29. The predicted octanol–water partition coefficient (Wildman–Crippen LogP) is 0.848. The summed E-state index contributed by atoms with van der Waals surface area (Å²) in [5.41, 5.74) is 1.18. The number of methoxy groups -OCH3 is 1. The average Bonchev–Trinajstić information content (AvgIpc) is 2.43. The van der Waals surface area contributed by atoms with E-state index >= 15 is 0 Å². The Balaban J connectivity index is 2.04. The Morgan fingerprint density at radius 2 is 1.90 bits per heavy atom. The molecule has 0 amide bonds. The Bertz CT molecular complexity index is 455. The highest BCUT2D eigenvalue weighted by atomic mass is 16.5. The van der Waals surface area contributed by atoms with Gasteiger partial charge in [-0.25, -0.2) is 0 Å². The molecule has 2 atom stereocenters. The molecule has 1 fully saturated rings. The van der Waals surface area contributed by atoms with Crippen molar-refractivity contribution in [1.29, 1.82) is 0 Å². The summed E-state index contributed by atoms with van der Waals surface area (Å²) in [6.45, 7) is 4.41. The van der Waals surface area contributed by atoms with Crippen LogP contribution in [0, 0.1) is 0 Å². The molecule has 21 heavy (non-hydrogen) atoms. The zero-order chi connectivity index (χ0) is 15.4. The fourth-order valence-electron chi connectivity index (χ4n) is 2.77. The lowest BCUT2D eigenvalue weighted by Crippen LogP contribution is -2.36. The van der Waals surface area contributed by atoms with Gasteiger partial charge in [0.15, 0.2) is 0 Å². The molecule has 1 aromatic carbocycles. The van der Waals surface area contributed by atoms with Crippen molar-refractivity contribution in [2.24, 2.45) is 0 Å². The van der Waals surface area contributed by atoms with E-state index < -0.39 is 7.12 Å². The lowest BCUT2D eigenvalue weighted by molar-refractivity contribution is -0.106. The van der Waals surface area contributed by atoms with E-state index in [0.29, 0.717) is 17.8 Å². The van der Waals surface area contributed by atoms with Gasteiger partial charge in [0.1, 0.15) is 5.75 Å². The fraction of sp³-hybridized carbons (Fsp3) is 0.600. The van der Waals surface area contributed by atoms with E-state index in [0.717, 1.165) is 18.4 Å². The number of hydrogen-bond acceptors (Lipinski definition) is 5. The van der Waals surface area contributed by atoms with E-state index in [1.807, 2.05) is 13.8 Å². The molecule has 1 saturated heterocycles. The summed E-state index contributed by atoms with van der Waals surface area (Å²) in [7, 11) is 0.0682. The van der Waals surface area contributed by atoms with E-state index in [-0.39, 0.29) is 18.3 Å². The number of ether oxygens (including phenoxy) is 3. The molecule has 2 unspecified atom stereocenters. The van der Waals surface area contributed by atoms with Gasteiger partial charge in [0.25, 0.3) is 0 Å². The first-order chi connectivity index (χ1) is 9.99. The quantitative estimate of drug-likeness (QED) is 0.788. The van der Waals surface area contributed by atoms with Crippen LogP contribution in [0.2, 0.25) is 0 Å². The van der Waals surface area contributed by atoms with Crippen LogP contribution < -0.4 is 10.2 Å². The molecule has 1 aliphatic heterocycles. The van der Waals surface area contributed by atoms with Gasteiger partial charge < -0.3 is 24.3 Å². The van der Waals surface area contributed by atoms with Crippen molar-refractivity contribution in [3.63, 3.8) is 0 Å². The Hall–Kier alpha value is -1.08. The second-order valence-corrected chi connectivity index (χ2v) is 5.60. The Kier molecular flexibility index (Phi) is 5.64. The molecule has 1 heterocycles. The van der Waals surface area contributed by atoms with E-state index in [2.05, 4.69) is 0 Å². The monoisotopic (exact) mass is 294 g/mol. The van der Waals surface area contributed by atoms with Crippen LogP contribution in [0.4, 0.5) is 0 Å². The summed E-state index contributed by atoms with van der Waals surface area (Å²) in [4.78, 5) is 0. The molecular weight excluding hydrogens is 271 g/mol. The second kappa shape index (κ2) is 7.27. The summed E-state index contributed by atoms with van der Waals surface area (Å²) in [5, 5.41) is 18.9. The van der Waals surface area contributed by atoms with Crippen LogP contribution in [0.1, 0.15) is 32.3 Å². The SMILES string of the molecule is COc1ccc(B(O)O)c(COC2CC(C)OC(C)C2)c1. The maximum atomic E-state index is 9.43. The average molecular weight is 294 g/mol. The highest BCUT2D eigenvalue weighted by molar-refractivity contribution is 6.59. The van der Waals surface area contributed by atoms with Gasteiger partial charge in [-0.05, 0) is 49.8 Å². The minimum Gasteiger partial charge on any atom is -0.497 e. The van der Waals surface area contributed by atoms with Crippen molar-refractivity contribution >= 4 is 12.6 Å². The van der Waals surface area contributed by atoms with Gasteiger partial charge in [0, 0.05) is 0 Å². The molecule has 5 nitrogen and oxygen atoms in total. The zero-order valence-corrected chi connectivity index (χ0v) is 12.8. The highest BCUT2D eigenvalue weighted by Gasteiger charge is 2.25. The lowest BCUT2D eigenvalue weighted by atomic mass is 9.77. The Morgan fingerprint density at radius 3 is 2.48 bits per heavy atom. The zero-order valence-electron chi connectivity index (χ0n) is 12.8. The third-order valence-electron chi connectivity index (χ3n) is 3.76. The third kappa shape index (κ3) is 4.44. The van der Waals surface area contributed by atoms with Crippen LogP contribution in [0.3, 0.4) is 0 Å². The molecule has 2 N–H and O–H groups in total. The molecule has 6 heteroatoms. The summed E-state index contributed by atoms with van der Waals surface area (Å²) in [6.07, 6.45) is 2.20. The molecule has 0 saturated carbocycles. The number of benzene rings is 1. The largest absolute Gasteiger partial charge is 0.497 e. The van der Waals surface area contributed by atoms with E-state index in [4.69, 9.17) is 14.2 Å². The Morgan fingerprint density at radius 1 is 1.24 bits per heavy atom. The van der Waals surface area contributed by atoms with Crippen molar-refractivity contribution in [3.8, 4) is 5.75 Å². The van der Waals surface area contributed by atoms with Crippen LogP contribution in [0.25, 0.3) is 0 Å². The van der Waals surface area contributed by atoms with E-state index in [1.54, 1.807) is 25.3 Å². The van der Waals surface area contributed by atoms with Crippen molar-refractivity contribution in [2.45, 2.75) is 51.6 Å². The first kappa shape index (κ1) is 16.3. The van der Waals surface area contributed by atoms with Gasteiger partial charge in [-0.1, -0.05) is 6.07 Å². The minimum absolute atomic E-state index is 0.124. The molecule has 0 radical (unpaired) electrons.